The van der Waals surface area contributed by atoms with Gasteiger partial charge >= 0.3 is 0 Å². The second kappa shape index (κ2) is 9.11. The predicted octanol–water partition coefficient (Wildman–Crippen LogP) is 9.44. The van der Waals surface area contributed by atoms with Crippen molar-refractivity contribution in [2.45, 2.75) is 0 Å². The van der Waals surface area contributed by atoms with E-state index in [0.29, 0.717) is 0 Å². The number of hydrogen-bond acceptors (Lipinski definition) is 3. The van der Waals surface area contributed by atoms with Gasteiger partial charge < -0.3 is 0 Å². The predicted molar refractivity (Wildman–Crippen MR) is 165 cm³/mol. The number of benzene rings is 6. The molecule has 0 bridgehead atoms. The zero-order valence-electron chi connectivity index (χ0n) is 21.6. The Balaban J connectivity index is 1.34. The first-order valence-electron chi connectivity index (χ1n) is 13.4. The third-order valence-electron chi connectivity index (χ3n) is 7.76. The van der Waals surface area contributed by atoms with Crippen molar-refractivity contribution in [2.24, 2.45) is 0 Å². The van der Waals surface area contributed by atoms with Crippen LogP contribution in [-0.2, 0) is 0 Å². The van der Waals surface area contributed by atoms with Gasteiger partial charge in [-0.2, -0.15) is 0 Å². The molecule has 0 aliphatic rings. The van der Waals surface area contributed by atoms with E-state index in [0.717, 1.165) is 45.0 Å². The minimum Gasteiger partial charge on any atom is -0.265 e. The lowest BCUT2D eigenvalue weighted by Crippen LogP contribution is -1.97. The van der Waals surface area contributed by atoms with Crippen molar-refractivity contribution < 1.29 is 0 Å². The third kappa shape index (κ3) is 3.71. The summed E-state index contributed by atoms with van der Waals surface area (Å²) in [6.07, 6.45) is 3.64. The molecule has 6 aromatic carbocycles. The molecular weight excluding hydrogens is 486 g/mol. The lowest BCUT2D eigenvalue weighted by Gasteiger charge is -2.15. The zero-order valence-corrected chi connectivity index (χ0v) is 21.6. The third-order valence-corrected chi connectivity index (χ3v) is 7.76. The SMILES string of the molecule is c1ccc(-c2nc(-c3ccc(-c4ccncc4)cc3)cc(-c3ccc4ccc5cccc6ccc3c4c56)n2)cc1. The molecule has 8 aromatic rings. The van der Waals surface area contributed by atoms with Crippen LogP contribution in [0.3, 0.4) is 0 Å². The van der Waals surface area contributed by atoms with Gasteiger partial charge in [-0.3, -0.25) is 4.98 Å². The lowest BCUT2D eigenvalue weighted by atomic mass is 9.91. The van der Waals surface area contributed by atoms with Gasteiger partial charge in [-0.1, -0.05) is 109 Å². The highest BCUT2D eigenvalue weighted by molar-refractivity contribution is 6.25. The maximum Gasteiger partial charge on any atom is 0.160 e. The van der Waals surface area contributed by atoms with E-state index < -0.39 is 0 Å². The summed E-state index contributed by atoms with van der Waals surface area (Å²) < 4.78 is 0. The molecule has 3 heteroatoms. The second-order valence-electron chi connectivity index (χ2n) is 10.1. The Morgan fingerprint density at radius 3 is 1.80 bits per heavy atom. The first-order valence-corrected chi connectivity index (χ1v) is 13.4. The molecule has 0 amide bonds. The van der Waals surface area contributed by atoms with Crippen LogP contribution >= 0.6 is 0 Å². The van der Waals surface area contributed by atoms with Gasteiger partial charge in [0.1, 0.15) is 0 Å². The van der Waals surface area contributed by atoms with Crippen LogP contribution in [-0.4, -0.2) is 15.0 Å². The summed E-state index contributed by atoms with van der Waals surface area (Å²) in [5, 5.41) is 7.57. The molecule has 0 spiro atoms. The number of aromatic nitrogens is 3. The Hall–Kier alpha value is -5.41. The van der Waals surface area contributed by atoms with Crippen molar-refractivity contribution in [3.05, 3.63) is 140 Å². The molecule has 0 aliphatic heterocycles. The molecule has 2 aromatic heterocycles. The molecule has 0 atom stereocenters. The standard InChI is InChI=1S/C37H23N3/c1-2-5-30(6-3-1)37-39-33(26-11-9-24(10-12-26)25-19-21-38-22-20-25)23-34(40-37)31-17-15-29-14-13-27-7-4-8-28-16-18-32(31)36(29)35(27)28/h1-23H. The summed E-state index contributed by atoms with van der Waals surface area (Å²) in [4.78, 5) is 14.3. The molecule has 8 rings (SSSR count). The number of nitrogens with zero attached hydrogens (tertiary/aromatic N) is 3. The van der Waals surface area contributed by atoms with Gasteiger partial charge in [0, 0.05) is 29.1 Å². The summed E-state index contributed by atoms with van der Waals surface area (Å²) in [6, 6.07) is 44.8. The van der Waals surface area contributed by atoms with Gasteiger partial charge in [0.25, 0.3) is 0 Å². The molecule has 186 valence electrons. The Labute approximate surface area is 231 Å². The largest absolute Gasteiger partial charge is 0.265 e. The normalized spacial score (nSPS) is 11.5. The Bertz CT molecular complexity index is 2120. The molecule has 0 radical (unpaired) electrons. The van der Waals surface area contributed by atoms with Crippen LogP contribution < -0.4 is 0 Å². The van der Waals surface area contributed by atoms with E-state index in [9.17, 15) is 0 Å². The van der Waals surface area contributed by atoms with Crippen LogP contribution in [0.25, 0.3) is 77.3 Å². The maximum atomic E-state index is 5.13. The summed E-state index contributed by atoms with van der Waals surface area (Å²) in [6.45, 7) is 0. The summed E-state index contributed by atoms with van der Waals surface area (Å²) in [5.41, 5.74) is 7.27. The van der Waals surface area contributed by atoms with Crippen molar-refractivity contribution in [2.75, 3.05) is 0 Å². The quantitative estimate of drug-likeness (QED) is 0.222. The molecule has 0 unspecified atom stereocenters. The summed E-state index contributed by atoms with van der Waals surface area (Å²) in [5.74, 6) is 0.719. The van der Waals surface area contributed by atoms with Crippen LogP contribution in [0, 0.1) is 0 Å². The van der Waals surface area contributed by atoms with Crippen molar-refractivity contribution in [3.8, 4) is 45.0 Å². The van der Waals surface area contributed by atoms with Gasteiger partial charge in [0.2, 0.25) is 0 Å². The number of rotatable bonds is 4. The summed E-state index contributed by atoms with van der Waals surface area (Å²) in [7, 11) is 0. The highest BCUT2D eigenvalue weighted by atomic mass is 14.9. The second-order valence-corrected chi connectivity index (χ2v) is 10.1. The van der Waals surface area contributed by atoms with E-state index in [-0.39, 0.29) is 0 Å². The highest BCUT2D eigenvalue weighted by Crippen LogP contribution is 2.39. The van der Waals surface area contributed by atoms with E-state index in [1.54, 1.807) is 0 Å². The molecule has 0 aliphatic carbocycles. The first kappa shape index (κ1) is 22.6. The molecule has 0 saturated carbocycles. The minimum absolute atomic E-state index is 0.719. The summed E-state index contributed by atoms with van der Waals surface area (Å²) >= 11 is 0. The Morgan fingerprint density at radius 2 is 1.02 bits per heavy atom. The molecule has 0 fully saturated rings. The smallest absolute Gasteiger partial charge is 0.160 e. The molecule has 2 heterocycles. The molecule has 40 heavy (non-hydrogen) atoms. The van der Waals surface area contributed by atoms with Crippen LogP contribution in [0.5, 0.6) is 0 Å². The number of pyridine rings is 1. The van der Waals surface area contributed by atoms with Gasteiger partial charge in [-0.25, -0.2) is 9.97 Å². The van der Waals surface area contributed by atoms with Gasteiger partial charge in [0.05, 0.1) is 11.4 Å². The van der Waals surface area contributed by atoms with E-state index >= 15 is 0 Å². The van der Waals surface area contributed by atoms with Crippen LogP contribution in [0.4, 0.5) is 0 Å². The zero-order chi connectivity index (χ0) is 26.5. The number of hydrogen-bond donors (Lipinski definition) is 0. The highest BCUT2D eigenvalue weighted by Gasteiger charge is 2.16. The molecule has 0 saturated heterocycles. The van der Waals surface area contributed by atoms with E-state index in [2.05, 4.69) is 102 Å². The van der Waals surface area contributed by atoms with Crippen LogP contribution in [0.2, 0.25) is 0 Å². The Morgan fingerprint density at radius 1 is 0.400 bits per heavy atom. The van der Waals surface area contributed by atoms with E-state index in [1.807, 2.05) is 42.7 Å². The average molecular weight is 510 g/mol. The monoisotopic (exact) mass is 509 g/mol. The van der Waals surface area contributed by atoms with Crippen LogP contribution in [0.1, 0.15) is 0 Å². The van der Waals surface area contributed by atoms with Crippen molar-refractivity contribution >= 4 is 32.3 Å². The van der Waals surface area contributed by atoms with Crippen molar-refractivity contribution in [1.82, 2.24) is 15.0 Å². The molecule has 0 N–H and O–H groups in total. The van der Waals surface area contributed by atoms with Crippen molar-refractivity contribution in [3.63, 3.8) is 0 Å². The van der Waals surface area contributed by atoms with Gasteiger partial charge in [0.15, 0.2) is 5.82 Å². The maximum absolute atomic E-state index is 5.13. The van der Waals surface area contributed by atoms with Crippen LogP contribution in [0.15, 0.2) is 140 Å². The first-order chi connectivity index (χ1) is 19.8. The topological polar surface area (TPSA) is 38.7 Å². The van der Waals surface area contributed by atoms with Gasteiger partial charge in [-0.15, -0.1) is 0 Å². The fraction of sp³-hybridized carbons (Fsp3) is 0. The van der Waals surface area contributed by atoms with E-state index in [4.69, 9.17) is 9.97 Å². The molecular formula is C37H23N3. The lowest BCUT2D eigenvalue weighted by molar-refractivity contribution is 1.18. The Kier molecular flexibility index (Phi) is 5.14. The fourth-order valence-corrected chi connectivity index (χ4v) is 5.79. The minimum atomic E-state index is 0.719. The van der Waals surface area contributed by atoms with E-state index in [1.165, 1.54) is 32.3 Å². The van der Waals surface area contributed by atoms with Gasteiger partial charge in [-0.05, 0) is 61.6 Å². The molecule has 3 nitrogen and oxygen atoms in total. The average Bonchev–Trinajstić information content (AvgIpc) is 3.04. The fourth-order valence-electron chi connectivity index (χ4n) is 5.79. The van der Waals surface area contributed by atoms with Crippen molar-refractivity contribution in [1.29, 1.82) is 0 Å².